The van der Waals surface area contributed by atoms with Crippen LogP contribution in [0.25, 0.3) is 0 Å². The summed E-state index contributed by atoms with van der Waals surface area (Å²) in [6.45, 7) is 7.86. The summed E-state index contributed by atoms with van der Waals surface area (Å²) < 4.78 is 24.4. The van der Waals surface area contributed by atoms with Crippen LogP contribution in [-0.4, -0.2) is 68.4 Å². The topological polar surface area (TPSA) is 86.8 Å². The Balaban J connectivity index is 2.07. The van der Waals surface area contributed by atoms with Crippen molar-refractivity contribution in [2.24, 2.45) is 17.3 Å². The first-order valence-corrected chi connectivity index (χ1v) is 9.38. The Morgan fingerprint density at radius 3 is 2.18 bits per heavy atom. The molecule has 0 bridgehead atoms. The molecular formula is C14H25N3O4S. The zero-order chi connectivity index (χ0) is 16.7. The van der Waals surface area contributed by atoms with E-state index in [0.29, 0.717) is 32.7 Å². The van der Waals surface area contributed by atoms with Crippen molar-refractivity contribution in [2.45, 2.75) is 20.8 Å². The minimum absolute atomic E-state index is 0.0413. The average molecular weight is 331 g/mol. The molecule has 22 heavy (non-hydrogen) atoms. The fraction of sp³-hybridized carbons (Fsp3) is 0.857. The van der Waals surface area contributed by atoms with E-state index < -0.39 is 15.9 Å². The van der Waals surface area contributed by atoms with E-state index >= 15 is 0 Å². The van der Waals surface area contributed by atoms with Crippen LogP contribution in [0, 0.1) is 17.3 Å². The molecule has 2 unspecified atom stereocenters. The van der Waals surface area contributed by atoms with Crippen molar-refractivity contribution in [2.75, 3.05) is 39.0 Å². The summed E-state index contributed by atoms with van der Waals surface area (Å²) in [6.07, 6.45) is 1.17. The number of carbonyl (C=O) groups excluding carboxylic acids is 2. The number of sulfonamides is 1. The Labute approximate surface area is 132 Å². The average Bonchev–Trinajstić information content (AvgIpc) is 2.79. The van der Waals surface area contributed by atoms with Crippen LogP contribution in [-0.2, 0) is 19.6 Å². The van der Waals surface area contributed by atoms with E-state index in [1.165, 1.54) is 10.6 Å². The molecule has 0 aromatic heterocycles. The fourth-order valence-electron chi connectivity index (χ4n) is 3.15. The van der Waals surface area contributed by atoms with Crippen molar-refractivity contribution in [3.05, 3.63) is 0 Å². The number of carbonyl (C=O) groups is 2. The van der Waals surface area contributed by atoms with Crippen LogP contribution in [0.1, 0.15) is 20.8 Å². The van der Waals surface area contributed by atoms with Gasteiger partial charge >= 0.3 is 0 Å². The summed E-state index contributed by atoms with van der Waals surface area (Å²) in [7, 11) is -3.22. The minimum atomic E-state index is -3.22. The van der Waals surface area contributed by atoms with E-state index in [4.69, 9.17) is 0 Å². The van der Waals surface area contributed by atoms with Crippen molar-refractivity contribution in [1.29, 1.82) is 0 Å². The highest BCUT2D eigenvalue weighted by molar-refractivity contribution is 7.88. The number of rotatable bonds is 2. The molecule has 0 spiro atoms. The molecule has 0 aromatic rings. The first-order chi connectivity index (χ1) is 10.0. The lowest BCUT2D eigenvalue weighted by Crippen LogP contribution is -2.53. The van der Waals surface area contributed by atoms with Crippen molar-refractivity contribution < 1.29 is 18.0 Å². The number of hydrogen-bond acceptors (Lipinski definition) is 4. The zero-order valence-electron chi connectivity index (χ0n) is 13.6. The fourth-order valence-corrected chi connectivity index (χ4v) is 3.97. The second kappa shape index (κ2) is 5.81. The second-order valence-corrected chi connectivity index (χ2v) is 9.17. The number of amides is 2. The van der Waals surface area contributed by atoms with Gasteiger partial charge in [0.2, 0.25) is 21.8 Å². The van der Waals surface area contributed by atoms with Gasteiger partial charge in [-0.05, 0) is 5.41 Å². The summed E-state index contributed by atoms with van der Waals surface area (Å²) in [4.78, 5) is 26.4. The highest BCUT2D eigenvalue weighted by atomic mass is 32.2. The summed E-state index contributed by atoms with van der Waals surface area (Å²) in [5.41, 5.74) is -0.145. The predicted molar refractivity (Wildman–Crippen MR) is 82.4 cm³/mol. The SMILES string of the molecule is CC(C)(C)C1CNC(=O)C1C(=O)N1CCN(S(C)(=O)=O)CC1. The molecule has 2 atom stereocenters. The molecule has 2 aliphatic rings. The van der Waals surface area contributed by atoms with E-state index in [1.807, 2.05) is 20.8 Å². The van der Waals surface area contributed by atoms with E-state index in [2.05, 4.69) is 5.32 Å². The molecule has 7 nitrogen and oxygen atoms in total. The predicted octanol–water partition coefficient (Wildman–Crippen LogP) is -0.501. The molecule has 2 heterocycles. The van der Waals surface area contributed by atoms with Crippen LogP contribution >= 0.6 is 0 Å². The normalized spacial score (nSPS) is 27.8. The van der Waals surface area contributed by atoms with Crippen LogP contribution in [0.4, 0.5) is 0 Å². The Bertz CT molecular complexity index is 559. The van der Waals surface area contributed by atoms with Crippen LogP contribution in [0.3, 0.4) is 0 Å². The third-order valence-electron chi connectivity index (χ3n) is 4.58. The van der Waals surface area contributed by atoms with Crippen LogP contribution in [0.15, 0.2) is 0 Å². The molecule has 2 fully saturated rings. The minimum Gasteiger partial charge on any atom is -0.355 e. The van der Waals surface area contributed by atoms with E-state index in [0.717, 1.165) is 0 Å². The van der Waals surface area contributed by atoms with Crippen LogP contribution in [0.2, 0.25) is 0 Å². The van der Waals surface area contributed by atoms with Gasteiger partial charge in [-0.1, -0.05) is 20.8 Å². The number of piperazine rings is 1. The Hall–Kier alpha value is -1.15. The van der Waals surface area contributed by atoms with Gasteiger partial charge in [-0.15, -0.1) is 0 Å². The van der Waals surface area contributed by atoms with Gasteiger partial charge in [-0.25, -0.2) is 8.42 Å². The molecule has 0 aliphatic carbocycles. The van der Waals surface area contributed by atoms with E-state index in [-0.39, 0.29) is 23.1 Å². The van der Waals surface area contributed by atoms with Gasteiger partial charge in [0.15, 0.2) is 0 Å². The Morgan fingerprint density at radius 2 is 1.73 bits per heavy atom. The molecule has 126 valence electrons. The van der Waals surface area contributed by atoms with Gasteiger partial charge in [0.05, 0.1) is 6.26 Å². The maximum Gasteiger partial charge on any atom is 0.235 e. The second-order valence-electron chi connectivity index (χ2n) is 7.18. The van der Waals surface area contributed by atoms with Gasteiger partial charge < -0.3 is 10.2 Å². The third-order valence-corrected chi connectivity index (χ3v) is 5.88. The van der Waals surface area contributed by atoms with Gasteiger partial charge in [0, 0.05) is 38.6 Å². The highest BCUT2D eigenvalue weighted by Crippen LogP contribution is 2.36. The lowest BCUT2D eigenvalue weighted by Gasteiger charge is -2.37. The van der Waals surface area contributed by atoms with Crippen molar-refractivity contribution in [3.8, 4) is 0 Å². The monoisotopic (exact) mass is 331 g/mol. The molecule has 1 N–H and O–H groups in total. The standard InChI is InChI=1S/C14H25N3O4S/c1-14(2,3)10-9-15-12(18)11(10)13(19)16-5-7-17(8-6-16)22(4,20)21/h10-11H,5-9H2,1-4H3,(H,15,18). The number of hydrogen-bond donors (Lipinski definition) is 1. The first-order valence-electron chi connectivity index (χ1n) is 7.53. The maximum atomic E-state index is 12.7. The highest BCUT2D eigenvalue weighted by Gasteiger charge is 2.47. The lowest BCUT2D eigenvalue weighted by molar-refractivity contribution is -0.144. The molecule has 0 saturated carbocycles. The molecule has 0 radical (unpaired) electrons. The van der Waals surface area contributed by atoms with Gasteiger partial charge in [0.25, 0.3) is 0 Å². The third kappa shape index (κ3) is 3.43. The van der Waals surface area contributed by atoms with Crippen LogP contribution in [0.5, 0.6) is 0 Å². The number of nitrogens with one attached hydrogen (secondary N) is 1. The van der Waals surface area contributed by atoms with Crippen molar-refractivity contribution >= 4 is 21.8 Å². The molecule has 8 heteroatoms. The van der Waals surface area contributed by atoms with Crippen LogP contribution < -0.4 is 5.32 Å². The smallest absolute Gasteiger partial charge is 0.235 e. The summed E-state index contributed by atoms with van der Waals surface area (Å²) in [6, 6.07) is 0. The van der Waals surface area contributed by atoms with Gasteiger partial charge in [-0.2, -0.15) is 4.31 Å². The van der Waals surface area contributed by atoms with Gasteiger partial charge in [-0.3, -0.25) is 9.59 Å². The quantitative estimate of drug-likeness (QED) is 0.691. The molecule has 0 aromatic carbocycles. The molecular weight excluding hydrogens is 306 g/mol. The Kier molecular flexibility index (Phi) is 4.54. The Morgan fingerprint density at radius 1 is 1.18 bits per heavy atom. The maximum absolute atomic E-state index is 12.7. The van der Waals surface area contributed by atoms with Crippen molar-refractivity contribution in [1.82, 2.24) is 14.5 Å². The van der Waals surface area contributed by atoms with Gasteiger partial charge in [0.1, 0.15) is 5.92 Å². The largest absolute Gasteiger partial charge is 0.355 e. The summed E-state index contributed by atoms with van der Waals surface area (Å²) >= 11 is 0. The molecule has 2 amide bonds. The molecule has 2 aliphatic heterocycles. The molecule has 2 saturated heterocycles. The van der Waals surface area contributed by atoms with E-state index in [9.17, 15) is 18.0 Å². The van der Waals surface area contributed by atoms with Crippen molar-refractivity contribution in [3.63, 3.8) is 0 Å². The van der Waals surface area contributed by atoms with E-state index in [1.54, 1.807) is 4.90 Å². The lowest BCUT2D eigenvalue weighted by atomic mass is 9.74. The zero-order valence-corrected chi connectivity index (χ0v) is 14.4. The molecule has 2 rings (SSSR count). The first kappa shape index (κ1) is 17.2. The summed E-state index contributed by atoms with van der Waals surface area (Å²) in [5.74, 6) is -1.09. The number of nitrogens with zero attached hydrogens (tertiary/aromatic N) is 2. The summed E-state index contributed by atoms with van der Waals surface area (Å²) in [5, 5.41) is 2.79.